The maximum Gasteiger partial charge on any atom is 0.164 e. The van der Waals surface area contributed by atoms with E-state index in [1.54, 1.807) is 0 Å². The number of benzene rings is 10. The van der Waals surface area contributed by atoms with Gasteiger partial charge in [0.2, 0.25) is 0 Å². The Kier molecular flexibility index (Phi) is 7.10. The third kappa shape index (κ3) is 5.15. The highest BCUT2D eigenvalue weighted by Crippen LogP contribution is 2.48. The van der Waals surface area contributed by atoms with Gasteiger partial charge in [-0.15, -0.1) is 11.3 Å². The van der Waals surface area contributed by atoms with Crippen LogP contribution in [-0.2, 0) is 0 Å². The number of thiophene rings is 1. The number of rotatable bonds is 4. The van der Waals surface area contributed by atoms with Gasteiger partial charge in [0.05, 0.1) is 0 Å². The maximum absolute atomic E-state index is 5.47. The SMILES string of the molecule is c1ccc(-c2cc(-c3nc(-c4ccc5ccccc5c4)nc(-c4cc5ccc6ccccc6c5c5sc6ccc7ccccc7c6c45)n3)cc3ccccc23)cc1. The van der Waals surface area contributed by atoms with Gasteiger partial charge in [-0.05, 0) is 89.9 Å². The zero-order valence-corrected chi connectivity index (χ0v) is 31.5. The van der Waals surface area contributed by atoms with Gasteiger partial charge in [-0.3, -0.25) is 0 Å². The molecule has 0 radical (unpaired) electrons. The summed E-state index contributed by atoms with van der Waals surface area (Å²) in [7, 11) is 0. The van der Waals surface area contributed by atoms with Gasteiger partial charge < -0.3 is 0 Å². The fraction of sp³-hybridized carbons (Fsp3) is 0. The number of hydrogen-bond donors (Lipinski definition) is 0. The Morgan fingerprint density at radius 2 is 0.860 bits per heavy atom. The standard InChI is InChI=1S/C53H31N3S/c1-2-13-33(14-3-1)44-31-40(29-37-18-8-9-19-41(37)44)52-54-51(39-25-22-32-12-4-5-17-36(32)28-39)55-53(56-52)45-30-38-24-23-34-15-6-10-20-42(34)47(38)50-49(45)48-43-21-11-7-16-35(43)26-27-46(48)57-50/h1-31H. The molecule has 0 spiro atoms. The average Bonchev–Trinajstić information content (AvgIpc) is 3.68. The summed E-state index contributed by atoms with van der Waals surface area (Å²) in [6, 6.07) is 67.4. The van der Waals surface area contributed by atoms with Crippen molar-refractivity contribution in [1.29, 1.82) is 0 Å². The third-order valence-corrected chi connectivity index (χ3v) is 12.6. The lowest BCUT2D eigenvalue weighted by atomic mass is 9.94. The van der Waals surface area contributed by atoms with E-state index in [0.717, 1.165) is 38.6 Å². The molecule has 12 aromatic rings. The summed E-state index contributed by atoms with van der Waals surface area (Å²) >= 11 is 1.86. The molecule has 0 saturated heterocycles. The predicted octanol–water partition coefficient (Wildman–Crippen LogP) is 14.7. The van der Waals surface area contributed by atoms with Crippen LogP contribution in [0.15, 0.2) is 188 Å². The zero-order chi connectivity index (χ0) is 37.5. The summed E-state index contributed by atoms with van der Waals surface area (Å²) in [6.45, 7) is 0. The van der Waals surface area contributed by atoms with Crippen LogP contribution in [0.4, 0.5) is 0 Å². The van der Waals surface area contributed by atoms with E-state index in [1.165, 1.54) is 63.3 Å². The summed E-state index contributed by atoms with van der Waals surface area (Å²) < 4.78 is 2.49. The van der Waals surface area contributed by atoms with Crippen LogP contribution < -0.4 is 0 Å². The van der Waals surface area contributed by atoms with Crippen LogP contribution in [0, 0.1) is 0 Å². The molecular formula is C53H31N3S. The van der Waals surface area contributed by atoms with E-state index in [0.29, 0.717) is 17.5 Å². The lowest BCUT2D eigenvalue weighted by Gasteiger charge is -2.14. The quantitative estimate of drug-likeness (QED) is 0.169. The van der Waals surface area contributed by atoms with Crippen LogP contribution in [0.2, 0.25) is 0 Å². The Morgan fingerprint density at radius 3 is 1.65 bits per heavy atom. The van der Waals surface area contributed by atoms with Gasteiger partial charge in [0, 0.05) is 42.2 Å². The van der Waals surface area contributed by atoms with E-state index in [9.17, 15) is 0 Å². The Hall–Kier alpha value is -7.27. The van der Waals surface area contributed by atoms with E-state index in [-0.39, 0.29) is 0 Å². The molecule has 0 atom stereocenters. The van der Waals surface area contributed by atoms with Crippen molar-refractivity contribution in [3.05, 3.63) is 188 Å². The van der Waals surface area contributed by atoms with Gasteiger partial charge in [0.25, 0.3) is 0 Å². The first kappa shape index (κ1) is 32.0. The lowest BCUT2D eigenvalue weighted by Crippen LogP contribution is -2.01. The average molecular weight is 742 g/mol. The van der Waals surface area contributed by atoms with Gasteiger partial charge in [-0.2, -0.15) is 0 Å². The van der Waals surface area contributed by atoms with Crippen LogP contribution in [0.1, 0.15) is 0 Å². The van der Waals surface area contributed by atoms with Gasteiger partial charge in [0.1, 0.15) is 0 Å². The minimum atomic E-state index is 0.641. The highest BCUT2D eigenvalue weighted by Gasteiger charge is 2.22. The molecule has 57 heavy (non-hydrogen) atoms. The Labute approximate surface area is 332 Å². The van der Waals surface area contributed by atoms with Gasteiger partial charge >= 0.3 is 0 Å². The Bertz CT molecular complexity index is 3590. The molecule has 2 heterocycles. The van der Waals surface area contributed by atoms with Crippen molar-refractivity contribution in [2.75, 3.05) is 0 Å². The van der Waals surface area contributed by atoms with E-state index in [2.05, 4.69) is 188 Å². The molecule has 264 valence electrons. The molecule has 4 heteroatoms. The molecule has 0 aliphatic rings. The molecule has 0 saturated carbocycles. The van der Waals surface area contributed by atoms with Crippen molar-refractivity contribution < 1.29 is 0 Å². The Balaban J connectivity index is 1.21. The molecule has 0 aliphatic carbocycles. The van der Waals surface area contributed by atoms with Crippen molar-refractivity contribution >= 4 is 85.4 Å². The molecule has 0 bridgehead atoms. The highest BCUT2D eigenvalue weighted by molar-refractivity contribution is 7.27. The van der Waals surface area contributed by atoms with Gasteiger partial charge in [-0.1, -0.05) is 158 Å². The van der Waals surface area contributed by atoms with Crippen LogP contribution in [0.5, 0.6) is 0 Å². The molecule has 0 amide bonds. The monoisotopic (exact) mass is 741 g/mol. The van der Waals surface area contributed by atoms with Crippen molar-refractivity contribution in [1.82, 2.24) is 15.0 Å². The fourth-order valence-electron chi connectivity index (χ4n) is 8.75. The lowest BCUT2D eigenvalue weighted by molar-refractivity contribution is 1.08. The second-order valence-corrected chi connectivity index (χ2v) is 15.8. The normalized spacial score (nSPS) is 11.9. The molecule has 0 unspecified atom stereocenters. The fourth-order valence-corrected chi connectivity index (χ4v) is 10.1. The predicted molar refractivity (Wildman–Crippen MR) is 242 cm³/mol. The third-order valence-electron chi connectivity index (χ3n) is 11.4. The zero-order valence-electron chi connectivity index (χ0n) is 30.6. The summed E-state index contributed by atoms with van der Waals surface area (Å²) in [4.78, 5) is 16.2. The summed E-state index contributed by atoms with van der Waals surface area (Å²) in [5.74, 6) is 1.94. The molecule has 0 fully saturated rings. The number of hydrogen-bond acceptors (Lipinski definition) is 4. The smallest absolute Gasteiger partial charge is 0.164 e. The van der Waals surface area contributed by atoms with Crippen molar-refractivity contribution in [3.63, 3.8) is 0 Å². The number of nitrogens with zero attached hydrogens (tertiary/aromatic N) is 3. The van der Waals surface area contributed by atoms with Crippen molar-refractivity contribution in [3.8, 4) is 45.3 Å². The molecule has 0 N–H and O–H groups in total. The van der Waals surface area contributed by atoms with E-state index < -0.39 is 0 Å². The Morgan fingerprint density at radius 1 is 0.298 bits per heavy atom. The first-order chi connectivity index (χ1) is 28.2. The largest absolute Gasteiger partial charge is 0.208 e. The van der Waals surface area contributed by atoms with Crippen LogP contribution in [0.25, 0.3) is 119 Å². The summed E-state index contributed by atoms with van der Waals surface area (Å²) in [5, 5.41) is 14.4. The minimum Gasteiger partial charge on any atom is -0.208 e. The van der Waals surface area contributed by atoms with Crippen LogP contribution in [0.3, 0.4) is 0 Å². The summed E-state index contributed by atoms with van der Waals surface area (Å²) in [6.07, 6.45) is 0. The molecule has 0 aliphatic heterocycles. The molecule has 2 aromatic heterocycles. The molecule has 3 nitrogen and oxygen atoms in total. The van der Waals surface area contributed by atoms with Crippen molar-refractivity contribution in [2.24, 2.45) is 0 Å². The highest BCUT2D eigenvalue weighted by atomic mass is 32.1. The van der Waals surface area contributed by atoms with Crippen molar-refractivity contribution in [2.45, 2.75) is 0 Å². The topological polar surface area (TPSA) is 38.7 Å². The first-order valence-corrected chi connectivity index (χ1v) is 20.1. The second kappa shape index (κ2) is 12.6. The molecular weight excluding hydrogens is 711 g/mol. The molecule has 10 aromatic carbocycles. The van der Waals surface area contributed by atoms with E-state index >= 15 is 0 Å². The second-order valence-electron chi connectivity index (χ2n) is 14.8. The van der Waals surface area contributed by atoms with Gasteiger partial charge in [-0.25, -0.2) is 15.0 Å². The van der Waals surface area contributed by atoms with Crippen LogP contribution >= 0.6 is 11.3 Å². The van der Waals surface area contributed by atoms with Gasteiger partial charge in [0.15, 0.2) is 17.5 Å². The first-order valence-electron chi connectivity index (χ1n) is 19.3. The van der Waals surface area contributed by atoms with Crippen LogP contribution in [-0.4, -0.2) is 15.0 Å². The van der Waals surface area contributed by atoms with E-state index in [1.807, 2.05) is 11.3 Å². The number of aromatic nitrogens is 3. The number of fused-ring (bicyclic) bond motifs is 11. The molecule has 12 rings (SSSR count). The van der Waals surface area contributed by atoms with E-state index in [4.69, 9.17) is 15.0 Å². The maximum atomic E-state index is 5.47. The summed E-state index contributed by atoms with van der Waals surface area (Å²) in [5.41, 5.74) is 5.20. The minimum absolute atomic E-state index is 0.641.